The molecule has 2 heterocycles. The van der Waals surface area contributed by atoms with E-state index in [0.29, 0.717) is 0 Å². The first-order valence-electron chi connectivity index (χ1n) is 7.06. The van der Waals surface area contributed by atoms with Crippen LogP contribution >= 0.6 is 0 Å². The van der Waals surface area contributed by atoms with Crippen molar-refractivity contribution in [1.29, 1.82) is 0 Å². The van der Waals surface area contributed by atoms with Crippen LogP contribution in [0.2, 0.25) is 0 Å². The monoisotopic (exact) mass is 263 g/mol. The maximum absolute atomic E-state index is 5.68. The summed E-state index contributed by atoms with van der Waals surface area (Å²) in [6, 6.07) is 6.16. The van der Waals surface area contributed by atoms with Crippen LogP contribution in [0.15, 0.2) is 18.2 Å². The third-order valence-electron chi connectivity index (χ3n) is 3.01. The molecule has 1 fully saturated rings. The molecule has 0 aromatic carbocycles. The van der Waals surface area contributed by atoms with E-state index in [2.05, 4.69) is 50.0 Å². The molecule has 1 aliphatic rings. The summed E-state index contributed by atoms with van der Waals surface area (Å²) in [5, 5.41) is 3.42. The number of aromatic nitrogens is 1. The van der Waals surface area contributed by atoms with E-state index in [1.807, 2.05) is 6.07 Å². The van der Waals surface area contributed by atoms with Gasteiger partial charge in [0.05, 0.1) is 6.10 Å². The number of rotatable bonds is 2. The summed E-state index contributed by atoms with van der Waals surface area (Å²) >= 11 is 0. The average molecular weight is 263 g/mol. The van der Waals surface area contributed by atoms with Gasteiger partial charge in [0.1, 0.15) is 11.6 Å². The van der Waals surface area contributed by atoms with Crippen molar-refractivity contribution in [3.8, 4) is 0 Å². The van der Waals surface area contributed by atoms with Crippen molar-refractivity contribution in [2.24, 2.45) is 0 Å². The van der Waals surface area contributed by atoms with Crippen molar-refractivity contribution < 1.29 is 4.74 Å². The molecule has 0 aliphatic carbocycles. The Hall–Kier alpha value is -1.29. The van der Waals surface area contributed by atoms with E-state index < -0.39 is 0 Å². The van der Waals surface area contributed by atoms with Gasteiger partial charge in [0.25, 0.3) is 0 Å². The van der Waals surface area contributed by atoms with E-state index in [-0.39, 0.29) is 11.6 Å². The second-order valence-electron chi connectivity index (χ2n) is 6.24. The van der Waals surface area contributed by atoms with Gasteiger partial charge in [0.15, 0.2) is 0 Å². The van der Waals surface area contributed by atoms with Crippen LogP contribution in [-0.2, 0) is 4.74 Å². The SMILES string of the molecule is CC1CN(c2cccc(NC(C)(C)C)n2)CCCO1. The quantitative estimate of drug-likeness (QED) is 0.890. The second-order valence-corrected chi connectivity index (χ2v) is 6.24. The van der Waals surface area contributed by atoms with Crippen LogP contribution in [0.3, 0.4) is 0 Å². The molecule has 1 aliphatic heterocycles. The Balaban J connectivity index is 2.13. The van der Waals surface area contributed by atoms with Crippen LogP contribution in [-0.4, -0.2) is 36.3 Å². The lowest BCUT2D eigenvalue weighted by Crippen LogP contribution is -2.31. The number of hydrogen-bond acceptors (Lipinski definition) is 4. The molecule has 0 bridgehead atoms. The Morgan fingerprint density at radius 2 is 2.16 bits per heavy atom. The van der Waals surface area contributed by atoms with Crippen molar-refractivity contribution >= 4 is 11.6 Å². The van der Waals surface area contributed by atoms with Gasteiger partial charge in [-0.05, 0) is 46.2 Å². The fourth-order valence-corrected chi connectivity index (χ4v) is 2.26. The molecule has 1 saturated heterocycles. The Bertz CT molecular complexity index is 414. The molecule has 1 aromatic rings. The fraction of sp³-hybridized carbons (Fsp3) is 0.667. The van der Waals surface area contributed by atoms with Crippen molar-refractivity contribution in [1.82, 2.24) is 4.98 Å². The largest absolute Gasteiger partial charge is 0.377 e. The topological polar surface area (TPSA) is 37.4 Å². The summed E-state index contributed by atoms with van der Waals surface area (Å²) in [5.74, 6) is 1.97. The summed E-state index contributed by atoms with van der Waals surface area (Å²) in [6.07, 6.45) is 1.33. The summed E-state index contributed by atoms with van der Waals surface area (Å²) in [7, 11) is 0. The smallest absolute Gasteiger partial charge is 0.131 e. The Labute approximate surface area is 116 Å². The molecular formula is C15H25N3O. The molecule has 4 nitrogen and oxygen atoms in total. The lowest BCUT2D eigenvalue weighted by Gasteiger charge is -2.25. The number of ether oxygens (including phenoxy) is 1. The van der Waals surface area contributed by atoms with E-state index in [1.165, 1.54) is 0 Å². The lowest BCUT2D eigenvalue weighted by molar-refractivity contribution is 0.0820. The standard InChI is InChI=1S/C15H25N3O/c1-12-11-18(9-6-10-19-12)14-8-5-7-13(16-14)17-15(2,3)4/h5,7-8,12H,6,9-11H2,1-4H3,(H,16,17). The maximum Gasteiger partial charge on any atom is 0.131 e. The fourth-order valence-electron chi connectivity index (χ4n) is 2.26. The van der Waals surface area contributed by atoms with Crippen LogP contribution in [0.25, 0.3) is 0 Å². The predicted molar refractivity (Wildman–Crippen MR) is 79.9 cm³/mol. The Kier molecular flexibility index (Phi) is 4.30. The first-order valence-corrected chi connectivity index (χ1v) is 7.06. The molecule has 0 amide bonds. The van der Waals surface area contributed by atoms with Gasteiger partial charge < -0.3 is 15.0 Å². The van der Waals surface area contributed by atoms with E-state index in [1.54, 1.807) is 0 Å². The third kappa shape index (κ3) is 4.39. The van der Waals surface area contributed by atoms with Gasteiger partial charge >= 0.3 is 0 Å². The summed E-state index contributed by atoms with van der Waals surface area (Å²) in [4.78, 5) is 7.03. The zero-order valence-corrected chi connectivity index (χ0v) is 12.4. The highest BCUT2D eigenvalue weighted by Gasteiger charge is 2.17. The minimum absolute atomic E-state index is 0.0286. The van der Waals surface area contributed by atoms with Crippen molar-refractivity contribution in [2.75, 3.05) is 29.9 Å². The summed E-state index contributed by atoms with van der Waals surface area (Å²) in [5.41, 5.74) is 0.0286. The Morgan fingerprint density at radius 3 is 2.89 bits per heavy atom. The molecule has 1 atom stereocenters. The summed E-state index contributed by atoms with van der Waals surface area (Å²) < 4.78 is 5.68. The highest BCUT2D eigenvalue weighted by atomic mass is 16.5. The van der Waals surface area contributed by atoms with Crippen LogP contribution in [0.4, 0.5) is 11.6 Å². The van der Waals surface area contributed by atoms with Crippen LogP contribution < -0.4 is 10.2 Å². The summed E-state index contributed by atoms with van der Waals surface area (Å²) in [6.45, 7) is 11.3. The zero-order valence-electron chi connectivity index (χ0n) is 12.4. The van der Waals surface area contributed by atoms with Gasteiger partial charge in [0, 0.05) is 25.2 Å². The first-order chi connectivity index (χ1) is 8.94. The predicted octanol–water partition coefficient (Wildman–Crippen LogP) is 2.91. The van der Waals surface area contributed by atoms with Gasteiger partial charge in [-0.15, -0.1) is 0 Å². The molecule has 4 heteroatoms. The van der Waals surface area contributed by atoms with Crippen LogP contribution in [0.5, 0.6) is 0 Å². The molecule has 19 heavy (non-hydrogen) atoms. The van der Waals surface area contributed by atoms with E-state index >= 15 is 0 Å². The first kappa shape index (κ1) is 14.1. The zero-order chi connectivity index (χ0) is 13.9. The molecule has 0 spiro atoms. The highest BCUT2D eigenvalue weighted by molar-refractivity contribution is 5.48. The molecule has 106 valence electrons. The van der Waals surface area contributed by atoms with Crippen LogP contribution in [0.1, 0.15) is 34.1 Å². The number of nitrogens with one attached hydrogen (secondary N) is 1. The van der Waals surface area contributed by atoms with Crippen molar-refractivity contribution in [2.45, 2.75) is 45.8 Å². The minimum atomic E-state index is 0.0286. The van der Waals surface area contributed by atoms with Crippen molar-refractivity contribution in [3.05, 3.63) is 18.2 Å². The molecule has 0 radical (unpaired) electrons. The molecule has 1 aromatic heterocycles. The molecule has 0 saturated carbocycles. The van der Waals surface area contributed by atoms with E-state index in [9.17, 15) is 0 Å². The molecule has 1 N–H and O–H groups in total. The highest BCUT2D eigenvalue weighted by Crippen LogP contribution is 2.19. The van der Waals surface area contributed by atoms with Crippen LogP contribution in [0, 0.1) is 0 Å². The molecule has 2 rings (SSSR count). The molecule has 1 unspecified atom stereocenters. The second kappa shape index (κ2) is 5.78. The number of nitrogens with zero attached hydrogens (tertiary/aromatic N) is 2. The van der Waals surface area contributed by atoms with E-state index in [4.69, 9.17) is 9.72 Å². The van der Waals surface area contributed by atoms with E-state index in [0.717, 1.165) is 37.8 Å². The lowest BCUT2D eigenvalue weighted by atomic mass is 10.1. The normalized spacial score (nSPS) is 21.1. The molecular weight excluding hydrogens is 238 g/mol. The number of pyridine rings is 1. The van der Waals surface area contributed by atoms with Gasteiger partial charge in [-0.1, -0.05) is 6.07 Å². The van der Waals surface area contributed by atoms with Crippen molar-refractivity contribution in [3.63, 3.8) is 0 Å². The van der Waals surface area contributed by atoms with Gasteiger partial charge in [-0.25, -0.2) is 4.98 Å². The Morgan fingerprint density at radius 1 is 1.37 bits per heavy atom. The third-order valence-corrected chi connectivity index (χ3v) is 3.01. The van der Waals surface area contributed by atoms with Gasteiger partial charge in [0.2, 0.25) is 0 Å². The number of hydrogen-bond donors (Lipinski definition) is 1. The average Bonchev–Trinajstić information content (AvgIpc) is 2.52. The number of anilines is 2. The van der Waals surface area contributed by atoms with Gasteiger partial charge in [-0.3, -0.25) is 0 Å². The maximum atomic E-state index is 5.68. The minimum Gasteiger partial charge on any atom is -0.377 e. The van der Waals surface area contributed by atoms with Gasteiger partial charge in [-0.2, -0.15) is 0 Å².